The Kier molecular flexibility index (Phi) is 4.33. The van der Waals surface area contributed by atoms with Crippen molar-refractivity contribution < 1.29 is 14.7 Å². The third-order valence-corrected chi connectivity index (χ3v) is 2.51. The lowest BCUT2D eigenvalue weighted by Crippen LogP contribution is -2.29. The van der Waals surface area contributed by atoms with E-state index in [1.54, 1.807) is 19.9 Å². The molecule has 0 aromatic heterocycles. The molecule has 0 heterocycles. The van der Waals surface area contributed by atoms with Crippen LogP contribution in [-0.2, 0) is 0 Å². The number of nitrogens with one attached hydrogen (secondary N) is 2. The van der Waals surface area contributed by atoms with Crippen LogP contribution < -0.4 is 10.6 Å². The Morgan fingerprint density at radius 2 is 2.06 bits per heavy atom. The van der Waals surface area contributed by atoms with Gasteiger partial charge >= 0.3 is 12.0 Å². The van der Waals surface area contributed by atoms with E-state index in [2.05, 4.69) is 16.6 Å². The fraction of sp³-hybridized carbons (Fsp3) is 0.231. The third kappa shape index (κ3) is 3.25. The third-order valence-electron chi connectivity index (χ3n) is 2.51. The molecule has 0 spiro atoms. The van der Waals surface area contributed by atoms with Gasteiger partial charge in [-0.3, -0.25) is 0 Å². The van der Waals surface area contributed by atoms with Crippen molar-refractivity contribution in [3.8, 4) is 12.3 Å². The molecule has 0 saturated heterocycles. The van der Waals surface area contributed by atoms with Gasteiger partial charge in [0.15, 0.2) is 0 Å². The molecule has 0 aliphatic rings. The van der Waals surface area contributed by atoms with Crippen LogP contribution in [0.2, 0.25) is 0 Å². The highest BCUT2D eigenvalue weighted by molar-refractivity contribution is 5.94. The summed E-state index contributed by atoms with van der Waals surface area (Å²) in [4.78, 5) is 22.4. The van der Waals surface area contributed by atoms with Crippen LogP contribution in [0.1, 0.15) is 21.5 Å². The maximum atomic E-state index is 11.4. The number of benzene rings is 1. The summed E-state index contributed by atoms with van der Waals surface area (Å²) >= 11 is 0. The van der Waals surface area contributed by atoms with Gasteiger partial charge in [0.05, 0.1) is 12.1 Å². The molecule has 1 aromatic carbocycles. The van der Waals surface area contributed by atoms with Gasteiger partial charge in [-0.15, -0.1) is 6.42 Å². The standard InChI is InChI=1S/C13H14N2O3/c1-4-5-14-13(18)15-10-6-8(2)9(3)11(7-10)12(16)17/h1,6-7H,5H2,2-3H3,(H,16,17)(H2,14,15,18). The lowest BCUT2D eigenvalue weighted by atomic mass is 10.0. The van der Waals surface area contributed by atoms with Crippen molar-refractivity contribution in [1.29, 1.82) is 0 Å². The van der Waals surface area contributed by atoms with Gasteiger partial charge in [0, 0.05) is 5.69 Å². The van der Waals surface area contributed by atoms with E-state index in [-0.39, 0.29) is 12.1 Å². The summed E-state index contributed by atoms with van der Waals surface area (Å²) < 4.78 is 0. The van der Waals surface area contributed by atoms with E-state index in [9.17, 15) is 9.59 Å². The first kappa shape index (κ1) is 13.6. The van der Waals surface area contributed by atoms with E-state index in [1.807, 2.05) is 0 Å². The van der Waals surface area contributed by atoms with Gasteiger partial charge in [0.25, 0.3) is 0 Å². The van der Waals surface area contributed by atoms with Crippen molar-refractivity contribution >= 4 is 17.7 Å². The number of carbonyl (C=O) groups excluding carboxylic acids is 1. The van der Waals surface area contributed by atoms with E-state index in [4.69, 9.17) is 11.5 Å². The lowest BCUT2D eigenvalue weighted by molar-refractivity contribution is 0.0696. The van der Waals surface area contributed by atoms with E-state index in [1.165, 1.54) is 6.07 Å². The lowest BCUT2D eigenvalue weighted by Gasteiger charge is -2.10. The monoisotopic (exact) mass is 246 g/mol. The van der Waals surface area contributed by atoms with Crippen molar-refractivity contribution in [3.05, 3.63) is 28.8 Å². The number of carboxylic acids is 1. The first-order valence-electron chi connectivity index (χ1n) is 5.28. The molecule has 0 aliphatic carbocycles. The molecule has 0 bridgehead atoms. The summed E-state index contributed by atoms with van der Waals surface area (Å²) in [6.07, 6.45) is 5.01. The average molecular weight is 246 g/mol. The molecule has 0 atom stereocenters. The first-order chi connectivity index (χ1) is 8.45. The highest BCUT2D eigenvalue weighted by atomic mass is 16.4. The molecule has 1 aromatic rings. The molecule has 0 radical (unpaired) electrons. The second-order valence-corrected chi connectivity index (χ2v) is 3.78. The van der Waals surface area contributed by atoms with Crippen LogP contribution in [0.15, 0.2) is 12.1 Å². The number of urea groups is 1. The highest BCUT2D eigenvalue weighted by Gasteiger charge is 2.11. The summed E-state index contributed by atoms with van der Waals surface area (Å²) in [5.41, 5.74) is 2.06. The molecule has 2 amide bonds. The minimum atomic E-state index is -1.02. The fourth-order valence-electron chi connectivity index (χ4n) is 1.46. The van der Waals surface area contributed by atoms with Crippen LogP contribution in [0.25, 0.3) is 0 Å². The zero-order valence-electron chi connectivity index (χ0n) is 10.2. The van der Waals surface area contributed by atoms with E-state index < -0.39 is 12.0 Å². The van der Waals surface area contributed by atoms with Crippen LogP contribution >= 0.6 is 0 Å². The van der Waals surface area contributed by atoms with Gasteiger partial charge in [-0.25, -0.2) is 9.59 Å². The molecule has 0 saturated carbocycles. The second kappa shape index (κ2) is 5.73. The van der Waals surface area contributed by atoms with Gasteiger partial charge in [-0.05, 0) is 37.1 Å². The van der Waals surface area contributed by atoms with Gasteiger partial charge in [-0.1, -0.05) is 5.92 Å². The summed E-state index contributed by atoms with van der Waals surface area (Å²) in [5.74, 6) is 1.24. The molecule has 18 heavy (non-hydrogen) atoms. The average Bonchev–Trinajstić information content (AvgIpc) is 2.30. The highest BCUT2D eigenvalue weighted by Crippen LogP contribution is 2.19. The van der Waals surface area contributed by atoms with Crippen LogP contribution in [0.5, 0.6) is 0 Å². The van der Waals surface area contributed by atoms with Crippen molar-refractivity contribution in [2.24, 2.45) is 0 Å². The Morgan fingerprint density at radius 1 is 1.39 bits per heavy atom. The minimum absolute atomic E-state index is 0.114. The summed E-state index contributed by atoms with van der Waals surface area (Å²) in [5, 5.41) is 14.0. The Morgan fingerprint density at radius 3 is 2.61 bits per heavy atom. The predicted molar refractivity (Wildman–Crippen MR) is 68.7 cm³/mol. The number of rotatable bonds is 3. The number of amides is 2. The van der Waals surface area contributed by atoms with E-state index in [0.717, 1.165) is 5.56 Å². The number of aromatic carboxylic acids is 1. The Balaban J connectivity index is 2.95. The van der Waals surface area contributed by atoms with Crippen molar-refractivity contribution in [1.82, 2.24) is 5.32 Å². The number of anilines is 1. The first-order valence-corrected chi connectivity index (χ1v) is 5.28. The molecule has 94 valence electrons. The largest absolute Gasteiger partial charge is 0.478 e. The SMILES string of the molecule is C#CCNC(=O)Nc1cc(C)c(C)c(C(=O)O)c1. The summed E-state index contributed by atoms with van der Waals surface area (Å²) in [6.45, 7) is 3.62. The maximum absolute atomic E-state index is 11.4. The molecular weight excluding hydrogens is 232 g/mol. The van der Waals surface area contributed by atoms with Gasteiger partial charge in [0.1, 0.15) is 0 Å². The Hall–Kier alpha value is -2.48. The number of carboxylic acid groups (broad SMARTS) is 1. The predicted octanol–water partition coefficient (Wildman–Crippen LogP) is 1.76. The van der Waals surface area contributed by atoms with Crippen LogP contribution in [0, 0.1) is 26.2 Å². The molecule has 0 unspecified atom stereocenters. The number of carbonyl (C=O) groups is 2. The van der Waals surface area contributed by atoms with Gasteiger partial charge in [-0.2, -0.15) is 0 Å². The molecule has 0 fully saturated rings. The summed E-state index contributed by atoms with van der Waals surface area (Å²) in [6, 6.07) is 2.66. The maximum Gasteiger partial charge on any atom is 0.336 e. The van der Waals surface area contributed by atoms with E-state index >= 15 is 0 Å². The zero-order chi connectivity index (χ0) is 13.7. The number of hydrogen-bond donors (Lipinski definition) is 3. The van der Waals surface area contributed by atoms with Crippen LogP contribution in [0.3, 0.4) is 0 Å². The Bertz CT molecular complexity index is 530. The molecule has 5 heteroatoms. The smallest absolute Gasteiger partial charge is 0.336 e. The molecule has 1 rings (SSSR count). The van der Waals surface area contributed by atoms with Crippen molar-refractivity contribution in [2.75, 3.05) is 11.9 Å². The Labute approximate surface area is 105 Å². The number of aryl methyl sites for hydroxylation is 1. The quantitative estimate of drug-likeness (QED) is 0.711. The topological polar surface area (TPSA) is 78.4 Å². The van der Waals surface area contributed by atoms with Crippen LogP contribution in [-0.4, -0.2) is 23.7 Å². The summed E-state index contributed by atoms with van der Waals surface area (Å²) in [7, 11) is 0. The minimum Gasteiger partial charge on any atom is -0.478 e. The number of terminal acetylenes is 1. The second-order valence-electron chi connectivity index (χ2n) is 3.78. The molecule has 0 aliphatic heterocycles. The zero-order valence-corrected chi connectivity index (χ0v) is 10.2. The molecule has 5 nitrogen and oxygen atoms in total. The van der Waals surface area contributed by atoms with E-state index in [0.29, 0.717) is 11.3 Å². The number of hydrogen-bond acceptors (Lipinski definition) is 2. The van der Waals surface area contributed by atoms with Gasteiger partial charge in [0.2, 0.25) is 0 Å². The van der Waals surface area contributed by atoms with Crippen molar-refractivity contribution in [2.45, 2.75) is 13.8 Å². The fourth-order valence-corrected chi connectivity index (χ4v) is 1.46. The normalized spacial score (nSPS) is 9.39. The van der Waals surface area contributed by atoms with Crippen LogP contribution in [0.4, 0.5) is 10.5 Å². The molecular formula is C13H14N2O3. The molecule has 3 N–H and O–H groups in total. The van der Waals surface area contributed by atoms with Gasteiger partial charge < -0.3 is 15.7 Å². The van der Waals surface area contributed by atoms with Crippen molar-refractivity contribution in [3.63, 3.8) is 0 Å².